The maximum absolute atomic E-state index is 12.1. The summed E-state index contributed by atoms with van der Waals surface area (Å²) in [4.78, 5) is 0. The van der Waals surface area contributed by atoms with E-state index in [9.17, 15) is 8.78 Å². The Balaban J connectivity index is 2.29. The van der Waals surface area contributed by atoms with Crippen molar-refractivity contribution in [2.45, 2.75) is 31.4 Å². The van der Waals surface area contributed by atoms with E-state index in [1.807, 2.05) is 0 Å². The molecule has 1 aromatic carbocycles. The van der Waals surface area contributed by atoms with Crippen LogP contribution in [0.1, 0.15) is 24.8 Å². The lowest BCUT2D eigenvalue weighted by Crippen LogP contribution is -2.43. The van der Waals surface area contributed by atoms with E-state index in [1.165, 1.54) is 6.07 Å². The van der Waals surface area contributed by atoms with Crippen LogP contribution in [-0.4, -0.2) is 6.61 Å². The fourth-order valence-electron chi connectivity index (χ4n) is 1.90. The number of ether oxygens (including phenoxy) is 1. The predicted molar refractivity (Wildman–Crippen MR) is 52.8 cm³/mol. The highest BCUT2D eigenvalue weighted by molar-refractivity contribution is 5.40. The molecule has 4 heteroatoms. The zero-order valence-corrected chi connectivity index (χ0v) is 8.25. The Morgan fingerprint density at radius 1 is 1.27 bits per heavy atom. The molecule has 1 aliphatic carbocycles. The number of para-hydroxylation sites is 1. The standard InChI is InChI=1S/C11H13F2NO/c12-10(13)15-9-5-2-1-4-8(9)11(14)6-3-7-11/h1-2,4-5,10H,3,6-7,14H2. The molecule has 0 atom stereocenters. The molecule has 2 nitrogen and oxygen atoms in total. The van der Waals surface area contributed by atoms with E-state index in [2.05, 4.69) is 4.74 Å². The van der Waals surface area contributed by atoms with Crippen molar-refractivity contribution < 1.29 is 13.5 Å². The van der Waals surface area contributed by atoms with Crippen LogP contribution in [0.4, 0.5) is 8.78 Å². The Morgan fingerprint density at radius 3 is 2.47 bits per heavy atom. The van der Waals surface area contributed by atoms with Gasteiger partial charge in [-0.05, 0) is 25.3 Å². The fraction of sp³-hybridized carbons (Fsp3) is 0.455. The molecule has 15 heavy (non-hydrogen) atoms. The highest BCUT2D eigenvalue weighted by Gasteiger charge is 2.36. The third kappa shape index (κ3) is 1.95. The second kappa shape index (κ2) is 3.77. The van der Waals surface area contributed by atoms with Gasteiger partial charge in [0.25, 0.3) is 0 Å². The van der Waals surface area contributed by atoms with E-state index in [4.69, 9.17) is 5.73 Å². The van der Waals surface area contributed by atoms with Crippen LogP contribution in [0.15, 0.2) is 24.3 Å². The first kappa shape index (κ1) is 10.4. The molecule has 0 heterocycles. The van der Waals surface area contributed by atoms with Gasteiger partial charge in [-0.15, -0.1) is 0 Å². The topological polar surface area (TPSA) is 35.2 Å². The van der Waals surface area contributed by atoms with Gasteiger partial charge < -0.3 is 10.5 Å². The molecular formula is C11H13F2NO. The van der Waals surface area contributed by atoms with Gasteiger partial charge in [-0.2, -0.15) is 8.78 Å². The van der Waals surface area contributed by atoms with E-state index in [1.54, 1.807) is 18.2 Å². The van der Waals surface area contributed by atoms with Crippen molar-refractivity contribution in [3.05, 3.63) is 29.8 Å². The smallest absolute Gasteiger partial charge is 0.387 e. The van der Waals surface area contributed by atoms with Gasteiger partial charge in [-0.1, -0.05) is 18.2 Å². The minimum atomic E-state index is -2.80. The van der Waals surface area contributed by atoms with Crippen molar-refractivity contribution in [3.8, 4) is 5.75 Å². The summed E-state index contributed by atoms with van der Waals surface area (Å²) in [6.07, 6.45) is 2.70. The van der Waals surface area contributed by atoms with Gasteiger partial charge in [0.1, 0.15) is 5.75 Å². The van der Waals surface area contributed by atoms with Gasteiger partial charge in [0.2, 0.25) is 0 Å². The molecule has 0 aromatic heterocycles. The second-order valence-electron chi connectivity index (χ2n) is 3.88. The molecule has 0 unspecified atom stereocenters. The molecule has 0 saturated heterocycles. The lowest BCUT2D eigenvalue weighted by atomic mass is 9.72. The largest absolute Gasteiger partial charge is 0.434 e. The summed E-state index contributed by atoms with van der Waals surface area (Å²) in [5, 5.41) is 0. The molecule has 0 spiro atoms. The van der Waals surface area contributed by atoms with Crippen LogP contribution in [0, 0.1) is 0 Å². The molecule has 0 radical (unpaired) electrons. The van der Waals surface area contributed by atoms with Crippen molar-refractivity contribution in [1.82, 2.24) is 0 Å². The van der Waals surface area contributed by atoms with E-state index in [-0.39, 0.29) is 5.75 Å². The quantitative estimate of drug-likeness (QED) is 0.837. The third-order valence-corrected chi connectivity index (χ3v) is 2.89. The Kier molecular flexibility index (Phi) is 2.61. The van der Waals surface area contributed by atoms with Gasteiger partial charge in [0.15, 0.2) is 0 Å². The maximum Gasteiger partial charge on any atom is 0.387 e. The van der Waals surface area contributed by atoms with Gasteiger partial charge >= 0.3 is 6.61 Å². The van der Waals surface area contributed by atoms with Crippen molar-refractivity contribution in [2.75, 3.05) is 0 Å². The summed E-state index contributed by atoms with van der Waals surface area (Å²) in [5.74, 6) is 0.203. The molecule has 1 aliphatic rings. The summed E-state index contributed by atoms with van der Waals surface area (Å²) >= 11 is 0. The average molecular weight is 213 g/mol. The van der Waals surface area contributed by atoms with Crippen LogP contribution in [0.3, 0.4) is 0 Å². The van der Waals surface area contributed by atoms with Gasteiger partial charge in [0.05, 0.1) is 0 Å². The summed E-state index contributed by atoms with van der Waals surface area (Å²) in [6.45, 7) is -2.80. The molecule has 0 aliphatic heterocycles. The van der Waals surface area contributed by atoms with Gasteiger partial charge in [-0.3, -0.25) is 0 Å². The minimum absolute atomic E-state index is 0.203. The fourth-order valence-corrected chi connectivity index (χ4v) is 1.90. The number of hydrogen-bond donors (Lipinski definition) is 1. The Labute approximate surface area is 87.0 Å². The van der Waals surface area contributed by atoms with E-state index in [0.29, 0.717) is 5.56 Å². The minimum Gasteiger partial charge on any atom is -0.434 e. The summed E-state index contributed by atoms with van der Waals surface area (Å²) in [6, 6.07) is 6.76. The van der Waals surface area contributed by atoms with Crippen molar-refractivity contribution in [3.63, 3.8) is 0 Å². The number of benzene rings is 1. The molecule has 0 bridgehead atoms. The summed E-state index contributed by atoms with van der Waals surface area (Å²) in [7, 11) is 0. The highest BCUT2D eigenvalue weighted by Crippen LogP contribution is 2.42. The highest BCUT2D eigenvalue weighted by atomic mass is 19.3. The number of alkyl halides is 2. The van der Waals surface area contributed by atoms with Crippen molar-refractivity contribution >= 4 is 0 Å². The lowest BCUT2D eigenvalue weighted by Gasteiger charge is -2.39. The number of nitrogens with two attached hydrogens (primary N) is 1. The van der Waals surface area contributed by atoms with E-state index in [0.717, 1.165) is 19.3 Å². The molecule has 82 valence electrons. The van der Waals surface area contributed by atoms with Crippen LogP contribution < -0.4 is 10.5 Å². The molecule has 1 saturated carbocycles. The average Bonchev–Trinajstić information content (AvgIpc) is 2.14. The van der Waals surface area contributed by atoms with Crippen LogP contribution in [0.5, 0.6) is 5.75 Å². The first-order valence-electron chi connectivity index (χ1n) is 4.95. The first-order valence-corrected chi connectivity index (χ1v) is 4.95. The number of halogens is 2. The molecule has 0 amide bonds. The Morgan fingerprint density at radius 2 is 1.93 bits per heavy atom. The zero-order valence-electron chi connectivity index (χ0n) is 8.25. The lowest BCUT2D eigenvalue weighted by molar-refractivity contribution is -0.0515. The molecule has 2 rings (SSSR count). The normalized spacial score (nSPS) is 18.7. The van der Waals surface area contributed by atoms with Crippen molar-refractivity contribution in [2.24, 2.45) is 5.73 Å². The zero-order chi connectivity index (χ0) is 10.9. The monoisotopic (exact) mass is 213 g/mol. The molecular weight excluding hydrogens is 200 g/mol. The van der Waals surface area contributed by atoms with Crippen LogP contribution >= 0.6 is 0 Å². The predicted octanol–water partition coefficient (Wildman–Crippen LogP) is 2.63. The molecule has 1 fully saturated rings. The van der Waals surface area contributed by atoms with Crippen LogP contribution in [-0.2, 0) is 5.54 Å². The number of rotatable bonds is 3. The summed E-state index contributed by atoms with van der Waals surface area (Å²) in [5.41, 5.74) is 6.30. The van der Waals surface area contributed by atoms with Crippen LogP contribution in [0.2, 0.25) is 0 Å². The SMILES string of the molecule is NC1(c2ccccc2OC(F)F)CCC1. The van der Waals surface area contributed by atoms with Gasteiger partial charge in [-0.25, -0.2) is 0 Å². The Bertz CT molecular complexity index is 350. The molecule has 2 N–H and O–H groups in total. The van der Waals surface area contributed by atoms with E-state index < -0.39 is 12.2 Å². The second-order valence-corrected chi connectivity index (χ2v) is 3.88. The summed E-state index contributed by atoms with van der Waals surface area (Å²) < 4.78 is 28.7. The van der Waals surface area contributed by atoms with Crippen LogP contribution in [0.25, 0.3) is 0 Å². The third-order valence-electron chi connectivity index (χ3n) is 2.89. The maximum atomic E-state index is 12.1. The Hall–Kier alpha value is -1.16. The van der Waals surface area contributed by atoms with Gasteiger partial charge in [0, 0.05) is 11.1 Å². The van der Waals surface area contributed by atoms with E-state index >= 15 is 0 Å². The first-order chi connectivity index (χ1) is 7.12. The van der Waals surface area contributed by atoms with Crippen molar-refractivity contribution in [1.29, 1.82) is 0 Å². The molecule has 1 aromatic rings. The number of hydrogen-bond acceptors (Lipinski definition) is 2.